The van der Waals surface area contributed by atoms with E-state index >= 15 is 4.39 Å². The molecule has 0 bridgehead atoms. The van der Waals surface area contributed by atoms with Gasteiger partial charge in [-0.25, -0.2) is 18.6 Å². The van der Waals surface area contributed by atoms with Crippen LogP contribution in [0, 0.1) is 17.6 Å². The number of nitrogens with zero attached hydrogens (tertiary/aromatic N) is 4. The number of imidazole rings is 1. The molecule has 2 aliphatic rings. The van der Waals surface area contributed by atoms with E-state index in [1.54, 1.807) is 11.0 Å². The van der Waals surface area contributed by atoms with E-state index in [1.165, 1.54) is 18.2 Å². The Hall–Kier alpha value is -5.06. The number of piperidine rings is 1. The Bertz CT molecular complexity index is 1860. The van der Waals surface area contributed by atoms with Gasteiger partial charge in [0.15, 0.2) is 17.4 Å². The van der Waals surface area contributed by atoms with Crippen LogP contribution in [0.3, 0.4) is 0 Å². The fourth-order valence-corrected chi connectivity index (χ4v) is 5.89. The molecule has 4 heterocycles. The number of aliphatic carboxylic acids is 1. The molecule has 17 heteroatoms. The number of carboxylic acid groups (broad SMARTS) is 1. The summed E-state index contributed by atoms with van der Waals surface area (Å²) in [6, 6.07) is 5.61. The lowest BCUT2D eigenvalue weighted by Crippen LogP contribution is -2.46. The smallest absolute Gasteiger partial charge is 0.490 e. The molecule has 0 unspecified atom stereocenters. The van der Waals surface area contributed by atoms with E-state index in [-0.39, 0.29) is 29.7 Å². The lowest BCUT2D eigenvalue weighted by Gasteiger charge is -2.33. The second-order valence-corrected chi connectivity index (χ2v) is 11.6. The molecule has 0 atom stereocenters. The second-order valence-electron chi connectivity index (χ2n) is 11.6. The first kappa shape index (κ1) is 34.3. The van der Waals surface area contributed by atoms with Gasteiger partial charge in [-0.05, 0) is 73.3 Å². The molecule has 2 aliphatic heterocycles. The van der Waals surface area contributed by atoms with Crippen molar-refractivity contribution in [2.24, 2.45) is 11.7 Å². The maximum atomic E-state index is 15.5. The molecule has 48 heavy (non-hydrogen) atoms. The normalized spacial score (nSPS) is 15.6. The molecule has 1 fully saturated rings. The van der Waals surface area contributed by atoms with Crippen LogP contribution in [0.2, 0.25) is 0 Å². The number of aromatic hydroxyl groups is 1. The van der Waals surface area contributed by atoms with E-state index in [4.69, 9.17) is 15.6 Å². The van der Waals surface area contributed by atoms with Crippen molar-refractivity contribution >= 4 is 28.7 Å². The third-order valence-corrected chi connectivity index (χ3v) is 8.48. The predicted molar refractivity (Wildman–Crippen MR) is 161 cm³/mol. The molecule has 4 aromatic rings. The van der Waals surface area contributed by atoms with Crippen LogP contribution in [0.1, 0.15) is 36.7 Å². The SMILES string of the molecule is CCc1cc(O)c(F)cc1-c1cc(F)c2c(-c3nc4c([nH]3)CN(C(=O)CN3CCC(C(N)=O)CC3)CC4)n[nH]c2c1.O=C(O)C(F)(F)F. The van der Waals surface area contributed by atoms with Gasteiger partial charge < -0.3 is 25.8 Å². The molecule has 6 rings (SSSR count). The van der Waals surface area contributed by atoms with Gasteiger partial charge in [-0.3, -0.25) is 19.6 Å². The summed E-state index contributed by atoms with van der Waals surface area (Å²) in [4.78, 5) is 45.1. The molecular weight excluding hydrogens is 645 g/mol. The number of nitrogens with one attached hydrogen (secondary N) is 2. The maximum Gasteiger partial charge on any atom is 0.490 e. The molecule has 0 radical (unpaired) electrons. The van der Waals surface area contributed by atoms with Crippen molar-refractivity contribution in [1.82, 2.24) is 30.0 Å². The summed E-state index contributed by atoms with van der Waals surface area (Å²) >= 11 is 0. The van der Waals surface area contributed by atoms with Gasteiger partial charge in [-0.15, -0.1) is 0 Å². The Labute approximate surface area is 269 Å². The van der Waals surface area contributed by atoms with Crippen LogP contribution in [0.5, 0.6) is 5.75 Å². The van der Waals surface area contributed by atoms with Crippen LogP contribution in [-0.4, -0.2) is 90.3 Å². The van der Waals surface area contributed by atoms with Gasteiger partial charge >= 0.3 is 12.1 Å². The molecule has 0 aliphatic carbocycles. The summed E-state index contributed by atoms with van der Waals surface area (Å²) in [6.07, 6.45) is -2.67. The van der Waals surface area contributed by atoms with E-state index in [1.807, 2.05) is 6.92 Å². The Morgan fingerprint density at radius 2 is 1.75 bits per heavy atom. The third kappa shape index (κ3) is 7.25. The number of fused-ring (bicyclic) bond motifs is 2. The number of primary amides is 1. The van der Waals surface area contributed by atoms with Crippen LogP contribution in [-0.2, 0) is 33.8 Å². The zero-order chi connectivity index (χ0) is 34.9. The Kier molecular flexibility index (Phi) is 9.70. The zero-order valence-electron chi connectivity index (χ0n) is 25.6. The van der Waals surface area contributed by atoms with Crippen molar-refractivity contribution in [3.63, 3.8) is 0 Å². The number of halogens is 5. The van der Waals surface area contributed by atoms with Crippen molar-refractivity contribution in [2.45, 2.75) is 45.3 Å². The number of benzene rings is 2. The molecule has 0 spiro atoms. The predicted octanol–water partition coefficient (Wildman–Crippen LogP) is 3.88. The van der Waals surface area contributed by atoms with E-state index in [0.29, 0.717) is 85.6 Å². The highest BCUT2D eigenvalue weighted by Crippen LogP contribution is 2.35. The number of nitrogens with two attached hydrogens (primary N) is 1. The monoisotopic (exact) mass is 677 g/mol. The molecular formula is C31H32F5N7O5. The summed E-state index contributed by atoms with van der Waals surface area (Å²) in [5.74, 6) is -4.51. The van der Waals surface area contributed by atoms with E-state index in [2.05, 4.69) is 25.1 Å². The number of rotatable bonds is 6. The topological polar surface area (TPSA) is 182 Å². The van der Waals surface area contributed by atoms with Crippen LogP contribution < -0.4 is 5.73 Å². The van der Waals surface area contributed by atoms with Crippen molar-refractivity contribution in [1.29, 1.82) is 0 Å². The number of aromatic nitrogens is 4. The molecule has 256 valence electrons. The molecule has 2 aromatic carbocycles. The highest BCUT2D eigenvalue weighted by molar-refractivity contribution is 5.94. The summed E-state index contributed by atoms with van der Waals surface area (Å²) in [7, 11) is 0. The minimum Gasteiger partial charge on any atom is -0.505 e. The highest BCUT2D eigenvalue weighted by Gasteiger charge is 2.38. The number of likely N-dealkylation sites (tertiary alicyclic amines) is 1. The number of aromatic amines is 2. The van der Waals surface area contributed by atoms with E-state index < -0.39 is 29.5 Å². The molecule has 6 N–H and O–H groups in total. The fourth-order valence-electron chi connectivity index (χ4n) is 5.89. The largest absolute Gasteiger partial charge is 0.505 e. The Morgan fingerprint density at radius 1 is 1.06 bits per heavy atom. The van der Waals surface area contributed by atoms with Gasteiger partial charge in [0, 0.05) is 18.9 Å². The van der Waals surface area contributed by atoms with Crippen molar-refractivity contribution in [2.75, 3.05) is 26.2 Å². The average Bonchev–Trinajstić information content (AvgIpc) is 3.66. The lowest BCUT2D eigenvalue weighted by molar-refractivity contribution is -0.192. The van der Waals surface area contributed by atoms with Crippen molar-refractivity contribution < 1.29 is 46.5 Å². The Balaban J connectivity index is 0.000000582. The number of phenols is 1. The first-order valence-electron chi connectivity index (χ1n) is 15.0. The van der Waals surface area contributed by atoms with E-state index in [0.717, 1.165) is 11.4 Å². The quantitative estimate of drug-likeness (QED) is 0.191. The standard InChI is InChI=1S/C29H31F2N7O3.C2HF3O2/c1-2-15-11-24(39)19(30)12-18(15)17-9-20(31)26-22(10-17)35-36-27(26)29-33-21-5-8-38(13-23(21)34-29)25(40)14-37-6-3-16(4-7-37)28(32)41;3-2(4,5)1(6)7/h9-12,16,39H,2-8,13-14H2,1H3,(H2,32,41)(H,33,34)(H,35,36);(H,6,7). The number of hydrogen-bond acceptors (Lipinski definition) is 7. The lowest BCUT2D eigenvalue weighted by atomic mass is 9.96. The van der Waals surface area contributed by atoms with E-state index in [9.17, 15) is 32.3 Å². The highest BCUT2D eigenvalue weighted by atomic mass is 19.4. The maximum absolute atomic E-state index is 15.5. The Morgan fingerprint density at radius 3 is 2.38 bits per heavy atom. The summed E-state index contributed by atoms with van der Waals surface area (Å²) in [6.45, 7) is 4.36. The van der Waals surface area contributed by atoms with Gasteiger partial charge in [0.05, 0.1) is 35.4 Å². The molecule has 2 aromatic heterocycles. The summed E-state index contributed by atoms with van der Waals surface area (Å²) in [5.41, 5.74) is 9.41. The number of aryl methyl sites for hydroxylation is 1. The number of phenolic OH excluding ortho intramolecular Hbond substituents is 1. The molecule has 12 nitrogen and oxygen atoms in total. The number of H-pyrrole nitrogens is 2. The van der Waals surface area contributed by atoms with Gasteiger partial charge in [0.2, 0.25) is 11.8 Å². The number of carbonyl (C=O) groups excluding carboxylic acids is 2. The number of alkyl halides is 3. The van der Waals surface area contributed by atoms with Crippen LogP contribution in [0.4, 0.5) is 22.0 Å². The number of hydrogen-bond donors (Lipinski definition) is 5. The van der Waals surface area contributed by atoms with Gasteiger partial charge in [0.25, 0.3) is 0 Å². The van der Waals surface area contributed by atoms with Crippen LogP contribution in [0.25, 0.3) is 33.5 Å². The first-order valence-corrected chi connectivity index (χ1v) is 15.0. The average molecular weight is 678 g/mol. The number of carbonyl (C=O) groups is 3. The van der Waals surface area contributed by atoms with Crippen molar-refractivity contribution in [3.05, 3.63) is 52.9 Å². The minimum atomic E-state index is -5.08. The van der Waals surface area contributed by atoms with Crippen molar-refractivity contribution in [3.8, 4) is 28.4 Å². The molecule has 0 saturated carbocycles. The number of carboxylic acids is 1. The second kappa shape index (κ2) is 13.6. The number of amides is 2. The first-order chi connectivity index (χ1) is 22.7. The third-order valence-electron chi connectivity index (χ3n) is 8.48. The zero-order valence-corrected chi connectivity index (χ0v) is 25.6. The molecule has 2 amide bonds. The summed E-state index contributed by atoms with van der Waals surface area (Å²) in [5, 5.41) is 24.3. The van der Waals surface area contributed by atoms with Gasteiger partial charge in [-0.1, -0.05) is 6.92 Å². The fraction of sp³-hybridized carbons (Fsp3) is 0.387. The minimum absolute atomic E-state index is 0.00485. The summed E-state index contributed by atoms with van der Waals surface area (Å²) < 4.78 is 61.4. The van der Waals surface area contributed by atoms with Gasteiger partial charge in [-0.2, -0.15) is 18.3 Å². The van der Waals surface area contributed by atoms with Gasteiger partial charge in [0.1, 0.15) is 11.5 Å². The van der Waals surface area contributed by atoms with Crippen LogP contribution in [0.15, 0.2) is 24.3 Å². The van der Waals surface area contributed by atoms with Crippen LogP contribution >= 0.6 is 0 Å². The molecule has 1 saturated heterocycles.